The molecule has 0 aliphatic heterocycles. The number of aromatic nitrogens is 2. The molecule has 96 valence electrons. The molecule has 0 aliphatic carbocycles. The maximum absolute atomic E-state index is 12.3. The molecule has 0 saturated heterocycles. The number of rotatable bonds is 5. The lowest BCUT2D eigenvalue weighted by Gasteiger charge is -2.10. The minimum atomic E-state index is 0.00889. The molecule has 18 heavy (non-hydrogen) atoms. The molecule has 0 atom stereocenters. The van der Waals surface area contributed by atoms with Crippen molar-refractivity contribution < 1.29 is 5.11 Å². The molecular weight excluding hydrogens is 248 g/mol. The highest BCUT2D eigenvalue weighted by molar-refractivity contribution is 7.99. The van der Waals surface area contributed by atoms with Crippen molar-refractivity contribution in [2.24, 2.45) is 0 Å². The Balaban J connectivity index is 2.48. The van der Waals surface area contributed by atoms with E-state index in [-0.39, 0.29) is 12.2 Å². The molecule has 1 aromatic carbocycles. The quantitative estimate of drug-likeness (QED) is 0.509. The zero-order valence-electron chi connectivity index (χ0n) is 10.3. The largest absolute Gasteiger partial charge is 0.396 e. The van der Waals surface area contributed by atoms with Crippen molar-refractivity contribution in [3.8, 4) is 0 Å². The molecule has 0 saturated carbocycles. The third-order valence-corrected chi connectivity index (χ3v) is 3.74. The Bertz CT molecular complexity index is 595. The van der Waals surface area contributed by atoms with Crippen LogP contribution >= 0.6 is 11.8 Å². The van der Waals surface area contributed by atoms with Crippen LogP contribution in [0.4, 0.5) is 0 Å². The molecule has 0 aliphatic rings. The predicted octanol–water partition coefficient (Wildman–Crippen LogP) is 1.89. The van der Waals surface area contributed by atoms with Gasteiger partial charge in [0, 0.05) is 18.9 Å². The fourth-order valence-electron chi connectivity index (χ4n) is 1.76. The lowest BCUT2D eigenvalue weighted by atomic mass is 10.2. The van der Waals surface area contributed by atoms with Crippen LogP contribution in [-0.4, -0.2) is 27.0 Å². The monoisotopic (exact) mass is 264 g/mol. The van der Waals surface area contributed by atoms with E-state index in [2.05, 4.69) is 4.98 Å². The Morgan fingerprint density at radius 1 is 1.39 bits per heavy atom. The van der Waals surface area contributed by atoms with E-state index in [0.717, 1.165) is 16.4 Å². The van der Waals surface area contributed by atoms with Gasteiger partial charge in [-0.05, 0) is 25.5 Å². The summed E-state index contributed by atoms with van der Waals surface area (Å²) in [6.07, 6.45) is 0.705. The number of aliphatic hydroxyl groups is 1. The molecule has 4 nitrogen and oxygen atoms in total. The van der Waals surface area contributed by atoms with E-state index in [1.807, 2.05) is 25.1 Å². The van der Waals surface area contributed by atoms with Gasteiger partial charge in [0.2, 0.25) is 0 Å². The summed E-state index contributed by atoms with van der Waals surface area (Å²) in [7, 11) is 0. The van der Waals surface area contributed by atoms with Crippen LogP contribution < -0.4 is 5.56 Å². The van der Waals surface area contributed by atoms with Crippen molar-refractivity contribution in [3.05, 3.63) is 34.6 Å². The first-order chi connectivity index (χ1) is 8.77. The van der Waals surface area contributed by atoms with Crippen molar-refractivity contribution >= 4 is 22.7 Å². The average molecular weight is 264 g/mol. The number of thioether (sulfide) groups is 1. The molecule has 0 amide bonds. The minimum absolute atomic E-state index is 0.00889. The SMILES string of the molecule is CCn1c(SCCCO)nc2ccccc2c1=O. The van der Waals surface area contributed by atoms with Gasteiger partial charge >= 0.3 is 0 Å². The van der Waals surface area contributed by atoms with Crippen LogP contribution in [0.3, 0.4) is 0 Å². The molecule has 1 aromatic heterocycles. The first-order valence-corrected chi connectivity index (χ1v) is 6.99. The lowest BCUT2D eigenvalue weighted by Crippen LogP contribution is -2.22. The molecule has 5 heteroatoms. The molecule has 0 fully saturated rings. The maximum atomic E-state index is 12.3. The first kappa shape index (κ1) is 13.1. The van der Waals surface area contributed by atoms with Gasteiger partial charge in [0.25, 0.3) is 5.56 Å². The Kier molecular flexibility index (Phi) is 4.38. The van der Waals surface area contributed by atoms with Gasteiger partial charge < -0.3 is 5.11 Å². The van der Waals surface area contributed by atoms with Gasteiger partial charge in [-0.3, -0.25) is 9.36 Å². The lowest BCUT2D eigenvalue weighted by molar-refractivity contribution is 0.296. The van der Waals surface area contributed by atoms with Gasteiger partial charge in [-0.25, -0.2) is 4.98 Å². The fraction of sp³-hybridized carbons (Fsp3) is 0.385. The van der Waals surface area contributed by atoms with Gasteiger partial charge in [-0.15, -0.1) is 0 Å². The number of hydrogen-bond acceptors (Lipinski definition) is 4. The first-order valence-electron chi connectivity index (χ1n) is 6.01. The van der Waals surface area contributed by atoms with Gasteiger partial charge in [-0.1, -0.05) is 23.9 Å². The fourth-order valence-corrected chi connectivity index (χ4v) is 2.75. The summed E-state index contributed by atoms with van der Waals surface area (Å²) in [5.41, 5.74) is 0.744. The summed E-state index contributed by atoms with van der Waals surface area (Å²) in [5.74, 6) is 0.765. The standard InChI is InChI=1S/C13H16N2O2S/c1-2-15-12(17)10-6-3-4-7-11(10)14-13(15)18-9-5-8-16/h3-4,6-7,16H,2,5,8-9H2,1H3. The van der Waals surface area contributed by atoms with Crippen molar-refractivity contribution in [1.82, 2.24) is 9.55 Å². The smallest absolute Gasteiger partial charge is 0.262 e. The highest BCUT2D eigenvalue weighted by Gasteiger charge is 2.09. The second kappa shape index (κ2) is 6.02. The van der Waals surface area contributed by atoms with Crippen LogP contribution in [-0.2, 0) is 6.54 Å². The molecule has 2 aromatic rings. The van der Waals surface area contributed by atoms with Crippen molar-refractivity contribution in [1.29, 1.82) is 0 Å². The zero-order chi connectivity index (χ0) is 13.0. The Labute approximate surface area is 110 Å². The Morgan fingerprint density at radius 2 is 2.17 bits per heavy atom. The van der Waals surface area contributed by atoms with Crippen molar-refractivity contribution in [2.75, 3.05) is 12.4 Å². The van der Waals surface area contributed by atoms with Crippen LogP contribution in [0.2, 0.25) is 0 Å². The van der Waals surface area contributed by atoms with E-state index in [9.17, 15) is 4.79 Å². The summed E-state index contributed by atoms with van der Waals surface area (Å²) in [6, 6.07) is 7.39. The van der Waals surface area contributed by atoms with Gasteiger partial charge in [0.15, 0.2) is 5.16 Å². The zero-order valence-corrected chi connectivity index (χ0v) is 11.1. The number of aliphatic hydroxyl groups excluding tert-OH is 1. The highest BCUT2D eigenvalue weighted by Crippen LogP contribution is 2.18. The Hall–Kier alpha value is -1.33. The summed E-state index contributed by atoms with van der Waals surface area (Å²) >= 11 is 1.52. The molecule has 0 radical (unpaired) electrons. The molecule has 1 N–H and O–H groups in total. The highest BCUT2D eigenvalue weighted by atomic mass is 32.2. The maximum Gasteiger partial charge on any atom is 0.262 e. The summed E-state index contributed by atoms with van der Waals surface area (Å²) in [6.45, 7) is 2.71. The van der Waals surface area contributed by atoms with E-state index < -0.39 is 0 Å². The average Bonchev–Trinajstić information content (AvgIpc) is 2.39. The number of fused-ring (bicyclic) bond motifs is 1. The summed E-state index contributed by atoms with van der Waals surface area (Å²) < 4.78 is 1.68. The normalized spacial score (nSPS) is 11.0. The van der Waals surface area contributed by atoms with Crippen molar-refractivity contribution in [3.63, 3.8) is 0 Å². The summed E-state index contributed by atoms with van der Waals surface area (Å²) in [5, 5.41) is 10.2. The second-order valence-electron chi connectivity index (χ2n) is 3.89. The van der Waals surface area contributed by atoms with Crippen LogP contribution in [0, 0.1) is 0 Å². The number of para-hydroxylation sites is 1. The van der Waals surface area contributed by atoms with E-state index in [1.54, 1.807) is 10.6 Å². The van der Waals surface area contributed by atoms with Gasteiger partial charge in [0.05, 0.1) is 10.9 Å². The molecule has 0 bridgehead atoms. The Morgan fingerprint density at radius 3 is 2.89 bits per heavy atom. The van der Waals surface area contributed by atoms with E-state index in [1.165, 1.54) is 11.8 Å². The van der Waals surface area contributed by atoms with Crippen LogP contribution in [0.1, 0.15) is 13.3 Å². The van der Waals surface area contributed by atoms with E-state index in [4.69, 9.17) is 5.11 Å². The predicted molar refractivity (Wildman–Crippen MR) is 74.1 cm³/mol. The third-order valence-electron chi connectivity index (χ3n) is 2.68. The van der Waals surface area contributed by atoms with E-state index in [0.29, 0.717) is 18.4 Å². The van der Waals surface area contributed by atoms with E-state index >= 15 is 0 Å². The van der Waals surface area contributed by atoms with Crippen LogP contribution in [0.5, 0.6) is 0 Å². The molecule has 1 heterocycles. The third kappa shape index (κ3) is 2.57. The minimum Gasteiger partial charge on any atom is -0.396 e. The number of benzene rings is 1. The van der Waals surface area contributed by atoms with Gasteiger partial charge in [-0.2, -0.15) is 0 Å². The van der Waals surface area contributed by atoms with Gasteiger partial charge in [0.1, 0.15) is 0 Å². The number of hydrogen-bond donors (Lipinski definition) is 1. The molecule has 0 unspecified atom stereocenters. The number of nitrogens with zero attached hydrogens (tertiary/aromatic N) is 2. The van der Waals surface area contributed by atoms with Crippen molar-refractivity contribution in [2.45, 2.75) is 25.0 Å². The molecular formula is C13H16N2O2S. The molecule has 2 rings (SSSR count). The second-order valence-corrected chi connectivity index (χ2v) is 4.95. The van der Waals surface area contributed by atoms with Crippen LogP contribution in [0.25, 0.3) is 10.9 Å². The molecule has 0 spiro atoms. The topological polar surface area (TPSA) is 55.1 Å². The summed E-state index contributed by atoms with van der Waals surface area (Å²) in [4.78, 5) is 16.8. The van der Waals surface area contributed by atoms with Crippen LogP contribution in [0.15, 0.2) is 34.2 Å².